The van der Waals surface area contributed by atoms with E-state index in [2.05, 4.69) is 80.8 Å². The van der Waals surface area contributed by atoms with E-state index in [4.69, 9.17) is 28.7 Å². The van der Waals surface area contributed by atoms with Crippen LogP contribution >= 0.6 is 12.6 Å². The van der Waals surface area contributed by atoms with Gasteiger partial charge in [-0.1, -0.05) is 0 Å². The van der Waals surface area contributed by atoms with E-state index in [1.807, 2.05) is 0 Å². The van der Waals surface area contributed by atoms with Crippen LogP contribution < -0.4 is 81.8 Å². The zero-order valence-electron chi connectivity index (χ0n) is 57.1. The van der Waals surface area contributed by atoms with Gasteiger partial charge in [-0.25, -0.2) is 9.78 Å². The Balaban J connectivity index is 1.50. The van der Waals surface area contributed by atoms with Crippen molar-refractivity contribution in [2.45, 2.75) is 208 Å². The fraction of sp³-hybridized carbons (Fsp3) is 0.667. The number of hydrogen-bond acceptors (Lipinski definition) is 23. The van der Waals surface area contributed by atoms with Gasteiger partial charge < -0.3 is 122 Å². The third-order valence-electron chi connectivity index (χ3n) is 16.9. The lowest BCUT2D eigenvalue weighted by Crippen LogP contribution is -2.61. The molecule has 14 amide bonds. The fourth-order valence-electron chi connectivity index (χ4n) is 11.3. The molecule has 3 saturated heterocycles. The maximum absolute atomic E-state index is 14.7. The van der Waals surface area contributed by atoms with Crippen molar-refractivity contribution in [2.24, 2.45) is 33.7 Å². The van der Waals surface area contributed by atoms with Gasteiger partial charge in [0.25, 0.3) is 0 Å². The zero-order chi connectivity index (χ0) is 76.2. The Bertz CT molecular complexity index is 3190. The number of imidazole rings is 1. The molecular formula is C60H97N21O20S. The minimum absolute atomic E-state index is 0.00389. The molecule has 42 heteroatoms. The van der Waals surface area contributed by atoms with Crippen molar-refractivity contribution < 1.29 is 97.1 Å². The van der Waals surface area contributed by atoms with E-state index >= 15 is 0 Å². The van der Waals surface area contributed by atoms with E-state index in [9.17, 15) is 97.1 Å². The Labute approximate surface area is 591 Å². The fourth-order valence-corrected chi connectivity index (χ4v) is 11.6. The maximum atomic E-state index is 14.7. The topological polar surface area (TPSA) is 655 Å². The summed E-state index contributed by atoms with van der Waals surface area (Å²) in [6.45, 7) is 4.23. The van der Waals surface area contributed by atoms with Gasteiger partial charge in [0.15, 0.2) is 12.0 Å². The minimum Gasteiger partial charge on any atom is -0.481 e. The van der Waals surface area contributed by atoms with Gasteiger partial charge in [-0.05, 0) is 105 Å². The number of likely N-dealkylation sites (tertiary alicyclic amines) is 3. The van der Waals surface area contributed by atoms with Crippen molar-refractivity contribution in [3.63, 3.8) is 0 Å². The molecule has 568 valence electrons. The number of amides is 14. The lowest BCUT2D eigenvalue weighted by atomic mass is 10.0. The number of nitrogens with two attached hydrogens (primary N) is 5. The number of carbonyl (C=O) groups is 16. The molecule has 3 aliphatic rings. The Hall–Kier alpha value is -9.81. The molecule has 4 heterocycles. The van der Waals surface area contributed by atoms with Gasteiger partial charge in [0.2, 0.25) is 82.7 Å². The van der Waals surface area contributed by atoms with Crippen molar-refractivity contribution in [3.05, 3.63) is 18.2 Å². The van der Waals surface area contributed by atoms with Crippen LogP contribution in [-0.2, 0) is 83.1 Å². The Morgan fingerprint density at radius 2 is 1.07 bits per heavy atom. The van der Waals surface area contributed by atoms with E-state index < -0.39 is 211 Å². The van der Waals surface area contributed by atoms with Crippen LogP contribution in [0, 0.1) is 0 Å². The van der Waals surface area contributed by atoms with Gasteiger partial charge in [-0.15, -0.1) is 0 Å². The molecule has 15 atom stereocenters. The van der Waals surface area contributed by atoms with Gasteiger partial charge in [0, 0.05) is 50.2 Å². The average Bonchev–Trinajstić information content (AvgIpc) is 1.66. The summed E-state index contributed by atoms with van der Waals surface area (Å²) in [7, 11) is 0. The van der Waals surface area contributed by atoms with E-state index in [0.717, 1.165) is 16.7 Å². The Kier molecular flexibility index (Phi) is 34.2. The third-order valence-corrected chi connectivity index (χ3v) is 17.3. The number of guanidine groups is 1. The van der Waals surface area contributed by atoms with Crippen molar-refractivity contribution in [1.82, 2.24) is 77.8 Å². The van der Waals surface area contributed by atoms with Gasteiger partial charge in [0.05, 0.1) is 37.9 Å². The molecule has 1 aromatic rings. The maximum Gasteiger partial charge on any atom is 0.328 e. The summed E-state index contributed by atoms with van der Waals surface area (Å²) in [5.41, 5.74) is 28.4. The van der Waals surface area contributed by atoms with Crippen molar-refractivity contribution in [1.29, 1.82) is 0 Å². The molecule has 41 nitrogen and oxygen atoms in total. The van der Waals surface area contributed by atoms with E-state index in [-0.39, 0.29) is 96.5 Å². The summed E-state index contributed by atoms with van der Waals surface area (Å²) in [6, 6.07) is -19.1. The number of nitrogens with zero attached hydrogens (tertiary/aromatic N) is 5. The van der Waals surface area contributed by atoms with Gasteiger partial charge in [0.1, 0.15) is 72.5 Å². The highest BCUT2D eigenvalue weighted by Crippen LogP contribution is 2.23. The van der Waals surface area contributed by atoms with Crippen LogP contribution in [0.15, 0.2) is 17.5 Å². The Morgan fingerprint density at radius 1 is 0.578 bits per heavy atom. The monoisotopic (exact) mass is 1460 g/mol. The first kappa shape index (κ1) is 84.6. The van der Waals surface area contributed by atoms with Crippen LogP contribution in [0.4, 0.5) is 0 Å². The number of carboxylic acid groups (broad SMARTS) is 2. The van der Waals surface area contributed by atoms with E-state index in [0.29, 0.717) is 25.0 Å². The molecule has 0 saturated carbocycles. The predicted molar refractivity (Wildman–Crippen MR) is 360 cm³/mol. The number of aliphatic carboxylic acids is 2. The summed E-state index contributed by atoms with van der Waals surface area (Å²) in [5, 5.41) is 62.6. The molecule has 3 aliphatic heterocycles. The number of thiol groups is 1. The summed E-state index contributed by atoms with van der Waals surface area (Å²) >= 11 is 4.21. The van der Waals surface area contributed by atoms with Crippen LogP contribution in [0.1, 0.15) is 117 Å². The second kappa shape index (κ2) is 41.2. The average molecular weight is 1460 g/mol. The second-order valence-corrected chi connectivity index (χ2v) is 25.3. The van der Waals surface area contributed by atoms with E-state index in [1.165, 1.54) is 38.2 Å². The number of carbonyl (C=O) groups excluding carboxylic acids is 14. The highest BCUT2D eigenvalue weighted by molar-refractivity contribution is 7.80. The summed E-state index contributed by atoms with van der Waals surface area (Å²) in [5.74, 6) is -16.8. The third kappa shape index (κ3) is 26.0. The SMILES string of the molecule is C[C@H](NC(=O)[C@@H](N)[C@@H](C)O)C(=O)N[C@@H](CC(=O)O)C(=O)N[C@@H](CS)C(=O)N1CCC[C@H]1C(=O)N[C@@H](CCCN=C(N)N)C(=O)N[C@@H](CC(N)=O)C(=O)N1CCC[C@H]1C(=O)N[C@@H](Cc1cnc[nH]1)C(=O)N[C@@H](CCCCN)C(=O)NCC(=O)N1CCC[C@H]1C(=O)N[C@@H](C)C(=O)N[C@H](C(=O)O)[C@@H](C)O. The molecule has 0 aliphatic carbocycles. The smallest absolute Gasteiger partial charge is 0.328 e. The first-order chi connectivity index (χ1) is 48.1. The summed E-state index contributed by atoms with van der Waals surface area (Å²) in [6.07, 6.45) is -0.779. The number of hydrogen-bond donors (Lipinski definition) is 21. The van der Waals surface area contributed by atoms with Crippen molar-refractivity contribution in [2.75, 3.05) is 45.0 Å². The standard InChI is InChI=1S/C60H97N21O20S/c1-28(71-56(97)45(63)30(3)82)47(88)74-36(23-44(86)87)52(93)77-38(26-102)58(99)81-20-10-14-40(81)54(95)73-34(12-7-17-67-60(64)65)50(91)76-37(22-42(62)84)57(98)80-19-9-15-41(80)55(96)75-35(21-32-24-66-27-69-32)51(92)72-33(11-5-6-16-61)49(90)68-25-43(85)79-18-8-13-39(79)53(94)70-29(2)48(89)78-46(31(4)83)59(100)101/h24,27-31,33-41,45-46,82-83,102H,5-23,25-26,61,63H2,1-4H3,(H2,62,84)(H,66,69)(H,68,90)(H,70,94)(H,71,97)(H,72,92)(H,73,95)(H,74,88)(H,75,96)(H,76,91)(H,77,93)(H,78,89)(H,86,87)(H,100,101)(H4,64,65,67)/t28-,29-,30+,31+,33-,34-,35-,36-,37-,38-,39-,40-,41-,45-,46-/m0/s1. The molecule has 0 unspecified atom stereocenters. The number of aliphatic imine (C=N–C) groups is 1. The largest absolute Gasteiger partial charge is 0.481 e. The number of H-pyrrole nitrogens is 1. The van der Waals surface area contributed by atoms with Crippen LogP contribution in [0.3, 0.4) is 0 Å². The molecule has 0 aromatic carbocycles. The lowest BCUT2D eigenvalue weighted by molar-refractivity contribution is -0.145. The van der Waals surface area contributed by atoms with Gasteiger partial charge in [-0.2, -0.15) is 12.6 Å². The zero-order valence-corrected chi connectivity index (χ0v) is 57.9. The molecule has 0 bridgehead atoms. The summed E-state index contributed by atoms with van der Waals surface area (Å²) < 4.78 is 0. The molecular weight excluding hydrogens is 1370 g/mol. The van der Waals surface area contributed by atoms with Gasteiger partial charge in [-0.3, -0.25) is 76.9 Å². The highest BCUT2D eigenvalue weighted by Gasteiger charge is 2.44. The van der Waals surface area contributed by atoms with Crippen LogP contribution in [0.25, 0.3) is 0 Å². The first-order valence-corrected chi connectivity index (χ1v) is 33.8. The number of aliphatic hydroxyl groups excluding tert-OH is 2. The van der Waals surface area contributed by atoms with Crippen molar-refractivity contribution in [3.8, 4) is 0 Å². The lowest BCUT2D eigenvalue weighted by Gasteiger charge is -2.31. The van der Waals surface area contributed by atoms with E-state index in [1.54, 1.807) is 0 Å². The van der Waals surface area contributed by atoms with Crippen molar-refractivity contribution >= 4 is 113 Å². The number of carboxylic acids is 2. The number of aliphatic hydroxyl groups is 2. The molecule has 1 aromatic heterocycles. The Morgan fingerprint density at radius 3 is 1.60 bits per heavy atom. The normalized spacial score (nSPS) is 19.1. The molecule has 102 heavy (non-hydrogen) atoms. The number of nitrogens with one attached hydrogen (secondary N) is 11. The predicted octanol–water partition coefficient (Wildman–Crippen LogP) is -9.92. The number of primary amides is 1. The first-order valence-electron chi connectivity index (χ1n) is 33.2. The molecule has 4 rings (SSSR count). The summed E-state index contributed by atoms with van der Waals surface area (Å²) in [4.78, 5) is 229. The van der Waals surface area contributed by atoms with Crippen LogP contribution in [-0.4, -0.2) is 281 Å². The minimum atomic E-state index is -1.82. The van der Waals surface area contributed by atoms with Crippen LogP contribution in [0.2, 0.25) is 0 Å². The number of rotatable bonds is 41. The number of aromatic nitrogens is 2. The second-order valence-electron chi connectivity index (χ2n) is 25.0. The molecule has 0 spiro atoms. The number of unbranched alkanes of at least 4 members (excludes halogenated alkanes) is 1. The number of aromatic amines is 1. The molecule has 25 N–H and O–H groups in total. The molecule has 0 radical (unpaired) electrons. The quantitative estimate of drug-likeness (QED) is 0.0125. The highest BCUT2D eigenvalue weighted by atomic mass is 32.1. The molecule has 3 fully saturated rings. The van der Waals surface area contributed by atoms with Gasteiger partial charge >= 0.3 is 11.9 Å². The van der Waals surface area contributed by atoms with Crippen LogP contribution in [0.5, 0.6) is 0 Å².